The largest absolute Gasteiger partial charge is 0.374 e. The van der Waals surface area contributed by atoms with Gasteiger partial charge in [-0.05, 0) is 19.6 Å². The third kappa shape index (κ3) is 5.91. The molecule has 0 aliphatic rings. The zero-order chi connectivity index (χ0) is 13.2. The van der Waals surface area contributed by atoms with E-state index in [9.17, 15) is 0 Å². The van der Waals surface area contributed by atoms with Crippen LogP contribution in [-0.2, 0) is 17.9 Å². The van der Waals surface area contributed by atoms with Crippen molar-refractivity contribution in [2.45, 2.75) is 33.9 Å². The first-order valence-corrected chi connectivity index (χ1v) is 7.62. The van der Waals surface area contributed by atoms with E-state index in [-0.39, 0.29) is 0 Å². The Balaban J connectivity index is 2.17. The quantitative estimate of drug-likeness (QED) is 0.661. The van der Waals surface area contributed by atoms with Crippen LogP contribution in [0.2, 0.25) is 0 Å². The van der Waals surface area contributed by atoms with Gasteiger partial charge in [0.05, 0.1) is 18.9 Å². The van der Waals surface area contributed by atoms with Crippen LogP contribution in [0.15, 0.2) is 5.38 Å². The van der Waals surface area contributed by atoms with E-state index in [2.05, 4.69) is 41.4 Å². The lowest BCUT2D eigenvalue weighted by molar-refractivity contribution is 0.0938. The number of ether oxygens (including phenoxy) is 1. The second-order valence-electron chi connectivity index (χ2n) is 4.09. The molecule has 0 aliphatic carbocycles. The number of hydrogen-bond acceptors (Lipinski definition) is 5. The molecule has 0 saturated carbocycles. The monoisotopic (exact) mass is 271 g/mol. The van der Waals surface area contributed by atoms with E-state index in [0.717, 1.165) is 50.0 Å². The topological polar surface area (TPSA) is 37.4 Å². The zero-order valence-electron chi connectivity index (χ0n) is 11.7. The summed E-state index contributed by atoms with van der Waals surface area (Å²) in [5.74, 6) is 0. The summed E-state index contributed by atoms with van der Waals surface area (Å²) in [6, 6.07) is 0. The maximum Gasteiger partial charge on any atom is 0.107 e. The van der Waals surface area contributed by atoms with Crippen molar-refractivity contribution in [2.75, 3.05) is 32.8 Å². The minimum absolute atomic E-state index is 0.629. The molecule has 1 aromatic rings. The van der Waals surface area contributed by atoms with Gasteiger partial charge >= 0.3 is 0 Å². The lowest BCUT2D eigenvalue weighted by Gasteiger charge is -2.17. The molecule has 1 aromatic heterocycles. The van der Waals surface area contributed by atoms with E-state index in [0.29, 0.717) is 6.61 Å². The van der Waals surface area contributed by atoms with Gasteiger partial charge in [-0.25, -0.2) is 4.98 Å². The average molecular weight is 271 g/mol. The maximum atomic E-state index is 5.65. The number of aromatic nitrogens is 1. The highest BCUT2D eigenvalue weighted by Crippen LogP contribution is 2.10. The van der Waals surface area contributed by atoms with Crippen molar-refractivity contribution in [1.29, 1.82) is 0 Å². The Labute approximate surface area is 114 Å². The Morgan fingerprint density at radius 3 is 2.78 bits per heavy atom. The molecule has 0 fully saturated rings. The molecule has 0 amide bonds. The fourth-order valence-electron chi connectivity index (χ4n) is 1.64. The third-order valence-corrected chi connectivity index (χ3v) is 3.72. The van der Waals surface area contributed by atoms with Crippen LogP contribution in [0, 0.1) is 0 Å². The number of rotatable bonds is 10. The molecule has 5 heteroatoms. The van der Waals surface area contributed by atoms with Crippen molar-refractivity contribution in [3.8, 4) is 0 Å². The second kappa shape index (κ2) is 9.44. The molecule has 1 rings (SSSR count). The van der Waals surface area contributed by atoms with Crippen molar-refractivity contribution >= 4 is 11.3 Å². The lowest BCUT2D eigenvalue weighted by atomic mass is 10.5. The predicted molar refractivity (Wildman–Crippen MR) is 76.9 cm³/mol. The highest BCUT2D eigenvalue weighted by Gasteiger charge is 2.02. The number of nitrogens with zero attached hydrogens (tertiary/aromatic N) is 2. The molecule has 0 atom stereocenters. The van der Waals surface area contributed by atoms with E-state index in [1.54, 1.807) is 11.3 Å². The van der Waals surface area contributed by atoms with Gasteiger partial charge in [-0.3, -0.25) is 0 Å². The number of nitrogens with one attached hydrogen (secondary N) is 1. The molecule has 0 aromatic carbocycles. The minimum atomic E-state index is 0.629. The summed E-state index contributed by atoms with van der Waals surface area (Å²) < 4.78 is 5.65. The van der Waals surface area contributed by atoms with E-state index in [1.165, 1.54) is 0 Å². The van der Waals surface area contributed by atoms with Crippen LogP contribution in [0.5, 0.6) is 0 Å². The van der Waals surface area contributed by atoms with E-state index >= 15 is 0 Å². The summed E-state index contributed by atoms with van der Waals surface area (Å²) in [6.07, 6.45) is 0. The number of likely N-dealkylation sites (N-methyl/N-ethyl adjacent to an activating group) is 1. The molecule has 1 N–H and O–H groups in total. The van der Waals surface area contributed by atoms with Crippen molar-refractivity contribution in [3.05, 3.63) is 16.1 Å². The Hall–Kier alpha value is -0.490. The molecule has 0 unspecified atom stereocenters. The van der Waals surface area contributed by atoms with Crippen LogP contribution in [0.3, 0.4) is 0 Å². The lowest BCUT2D eigenvalue weighted by Crippen LogP contribution is -2.27. The first kappa shape index (κ1) is 15.6. The fraction of sp³-hybridized carbons (Fsp3) is 0.769. The summed E-state index contributed by atoms with van der Waals surface area (Å²) in [5, 5.41) is 6.50. The van der Waals surface area contributed by atoms with Gasteiger partial charge in [-0.15, -0.1) is 11.3 Å². The molecule has 1 heterocycles. The van der Waals surface area contributed by atoms with Crippen molar-refractivity contribution in [3.63, 3.8) is 0 Å². The van der Waals surface area contributed by atoms with Gasteiger partial charge in [0.1, 0.15) is 5.01 Å². The van der Waals surface area contributed by atoms with Gasteiger partial charge in [-0.2, -0.15) is 0 Å². The van der Waals surface area contributed by atoms with E-state index in [1.807, 2.05) is 0 Å². The second-order valence-corrected chi connectivity index (χ2v) is 5.04. The van der Waals surface area contributed by atoms with Gasteiger partial charge in [0.25, 0.3) is 0 Å². The molecule has 18 heavy (non-hydrogen) atoms. The molecule has 0 spiro atoms. The highest BCUT2D eigenvalue weighted by atomic mass is 32.1. The maximum absolute atomic E-state index is 5.65. The van der Waals surface area contributed by atoms with Crippen LogP contribution in [0.25, 0.3) is 0 Å². The molecule has 0 bridgehead atoms. The minimum Gasteiger partial charge on any atom is -0.374 e. The van der Waals surface area contributed by atoms with Gasteiger partial charge in [0.2, 0.25) is 0 Å². The summed E-state index contributed by atoms with van der Waals surface area (Å²) in [4.78, 5) is 6.88. The van der Waals surface area contributed by atoms with Crippen LogP contribution >= 0.6 is 11.3 Å². The summed E-state index contributed by atoms with van der Waals surface area (Å²) in [5.41, 5.74) is 1.05. The van der Waals surface area contributed by atoms with Crippen LogP contribution < -0.4 is 5.32 Å². The van der Waals surface area contributed by atoms with Crippen molar-refractivity contribution in [1.82, 2.24) is 15.2 Å². The first-order valence-electron chi connectivity index (χ1n) is 6.74. The number of thiazole rings is 1. The average Bonchev–Trinajstić information content (AvgIpc) is 2.84. The smallest absolute Gasteiger partial charge is 0.107 e. The van der Waals surface area contributed by atoms with Crippen LogP contribution in [-0.4, -0.2) is 42.7 Å². The molecular formula is C13H25N3OS. The first-order chi connectivity index (χ1) is 8.80. The van der Waals surface area contributed by atoms with Gasteiger partial charge in [-0.1, -0.05) is 20.8 Å². The Kier molecular flexibility index (Phi) is 8.17. The molecule has 0 radical (unpaired) electrons. The Bertz CT molecular complexity index is 313. The van der Waals surface area contributed by atoms with Crippen molar-refractivity contribution < 1.29 is 4.74 Å². The van der Waals surface area contributed by atoms with E-state index < -0.39 is 0 Å². The fourth-order valence-corrected chi connectivity index (χ4v) is 2.39. The Morgan fingerprint density at radius 2 is 2.11 bits per heavy atom. The normalized spacial score (nSPS) is 11.3. The highest BCUT2D eigenvalue weighted by molar-refractivity contribution is 7.09. The van der Waals surface area contributed by atoms with Crippen LogP contribution in [0.1, 0.15) is 31.5 Å². The molecule has 104 valence electrons. The molecule has 4 nitrogen and oxygen atoms in total. The van der Waals surface area contributed by atoms with Gasteiger partial charge < -0.3 is 15.0 Å². The summed E-state index contributed by atoms with van der Waals surface area (Å²) >= 11 is 1.70. The van der Waals surface area contributed by atoms with E-state index in [4.69, 9.17) is 4.74 Å². The van der Waals surface area contributed by atoms with Crippen molar-refractivity contribution in [2.24, 2.45) is 0 Å². The Morgan fingerprint density at radius 1 is 1.33 bits per heavy atom. The predicted octanol–water partition coefficient (Wildman–Crippen LogP) is 2.11. The van der Waals surface area contributed by atoms with Gasteiger partial charge in [0, 0.05) is 18.5 Å². The van der Waals surface area contributed by atoms with Gasteiger partial charge in [0.15, 0.2) is 0 Å². The van der Waals surface area contributed by atoms with Crippen LogP contribution in [0.4, 0.5) is 0 Å². The SMILES string of the molecule is CCNCc1nc(COCCN(CC)CC)cs1. The molecule has 0 aliphatic heterocycles. The molecule has 0 saturated heterocycles. The molecular weight excluding hydrogens is 246 g/mol. The third-order valence-electron chi connectivity index (χ3n) is 2.82. The zero-order valence-corrected chi connectivity index (χ0v) is 12.6. The summed E-state index contributed by atoms with van der Waals surface area (Å²) in [6.45, 7) is 12.9. The standard InChI is InChI=1S/C13H25N3OS/c1-4-14-9-13-15-12(11-18-13)10-17-8-7-16(5-2)6-3/h11,14H,4-10H2,1-3H3. The summed E-state index contributed by atoms with van der Waals surface area (Å²) in [7, 11) is 0. The number of hydrogen-bond donors (Lipinski definition) is 1.